The second-order valence-corrected chi connectivity index (χ2v) is 6.66. The summed E-state index contributed by atoms with van der Waals surface area (Å²) >= 11 is 5.97. The molecule has 1 N–H and O–H groups in total. The van der Waals surface area contributed by atoms with Gasteiger partial charge in [0.25, 0.3) is 0 Å². The van der Waals surface area contributed by atoms with Crippen LogP contribution in [0.25, 0.3) is 0 Å². The van der Waals surface area contributed by atoms with Crippen molar-refractivity contribution in [2.75, 3.05) is 12.0 Å². The summed E-state index contributed by atoms with van der Waals surface area (Å²) in [7, 11) is -3.22. The molecule has 0 bridgehead atoms. The quantitative estimate of drug-likeness (QED) is 0.907. The molecule has 90 valence electrons. The Kier molecular flexibility index (Phi) is 3.99. The van der Waals surface area contributed by atoms with E-state index in [0.717, 1.165) is 17.4 Å². The van der Waals surface area contributed by atoms with Gasteiger partial charge in [-0.15, -0.1) is 0 Å². The lowest BCUT2D eigenvalue weighted by Gasteiger charge is -2.13. The van der Waals surface area contributed by atoms with Gasteiger partial charge in [-0.1, -0.05) is 17.7 Å². The van der Waals surface area contributed by atoms with Gasteiger partial charge >= 0.3 is 0 Å². The van der Waals surface area contributed by atoms with Gasteiger partial charge in [0.2, 0.25) is 0 Å². The number of benzene rings is 1. The van der Waals surface area contributed by atoms with Gasteiger partial charge in [0, 0.05) is 16.8 Å². The normalized spacial score (nSPS) is 13.8. The lowest BCUT2D eigenvalue weighted by atomic mass is 10.0. The molecule has 0 saturated carbocycles. The summed E-state index contributed by atoms with van der Waals surface area (Å²) in [4.78, 5) is 0. The van der Waals surface area contributed by atoms with Crippen LogP contribution in [0.1, 0.15) is 22.8 Å². The minimum atomic E-state index is -3.22. The molecule has 0 aromatic heterocycles. The highest BCUT2D eigenvalue weighted by molar-refractivity contribution is 7.90. The molecule has 1 unspecified atom stereocenters. The van der Waals surface area contributed by atoms with Crippen molar-refractivity contribution in [2.24, 2.45) is 0 Å². The average Bonchev–Trinajstić information content (AvgIpc) is 2.08. The Balaban J connectivity index is 3.09. The monoisotopic (exact) mass is 262 g/mol. The van der Waals surface area contributed by atoms with E-state index in [1.165, 1.54) is 0 Å². The molecule has 0 amide bonds. The van der Waals surface area contributed by atoms with E-state index in [9.17, 15) is 13.5 Å². The summed E-state index contributed by atoms with van der Waals surface area (Å²) in [6.45, 7) is 3.80. The van der Waals surface area contributed by atoms with Crippen LogP contribution in [0.5, 0.6) is 0 Å². The molecule has 1 atom stereocenters. The molecule has 0 aliphatic heterocycles. The van der Waals surface area contributed by atoms with Gasteiger partial charge in [0.05, 0.1) is 11.9 Å². The average molecular weight is 263 g/mol. The molecule has 0 spiro atoms. The van der Waals surface area contributed by atoms with Crippen molar-refractivity contribution in [1.82, 2.24) is 0 Å². The van der Waals surface area contributed by atoms with E-state index in [2.05, 4.69) is 0 Å². The molecule has 0 heterocycles. The summed E-state index contributed by atoms with van der Waals surface area (Å²) in [6.07, 6.45) is 0.0207. The predicted octanol–water partition coefficient (Wildman–Crippen LogP) is 2.03. The van der Waals surface area contributed by atoms with Crippen molar-refractivity contribution >= 4 is 21.4 Å². The van der Waals surface area contributed by atoms with Crippen LogP contribution in [0.3, 0.4) is 0 Å². The largest absolute Gasteiger partial charge is 0.387 e. The molecule has 1 aromatic carbocycles. The first-order valence-corrected chi connectivity index (χ1v) is 7.27. The molecule has 3 nitrogen and oxygen atoms in total. The number of hydrogen-bond acceptors (Lipinski definition) is 3. The van der Waals surface area contributed by atoms with E-state index in [1.807, 2.05) is 13.8 Å². The maximum absolute atomic E-state index is 11.1. The first-order valence-electron chi connectivity index (χ1n) is 4.83. The number of aryl methyl sites for hydroxylation is 2. The van der Waals surface area contributed by atoms with Crippen LogP contribution in [0, 0.1) is 13.8 Å². The van der Waals surface area contributed by atoms with E-state index in [1.54, 1.807) is 12.1 Å². The van der Waals surface area contributed by atoms with Gasteiger partial charge in [0.1, 0.15) is 9.84 Å². The van der Waals surface area contributed by atoms with E-state index in [4.69, 9.17) is 11.6 Å². The number of aliphatic hydroxyl groups excluding tert-OH is 1. The molecule has 1 aromatic rings. The maximum Gasteiger partial charge on any atom is 0.150 e. The first-order chi connectivity index (χ1) is 7.20. The van der Waals surface area contributed by atoms with Crippen molar-refractivity contribution in [3.63, 3.8) is 0 Å². The van der Waals surface area contributed by atoms with E-state index in [0.29, 0.717) is 10.6 Å². The third-order valence-electron chi connectivity index (χ3n) is 2.43. The Morgan fingerprint density at radius 1 is 1.31 bits per heavy atom. The molecule has 0 radical (unpaired) electrons. The van der Waals surface area contributed by atoms with Gasteiger partial charge in [-0.2, -0.15) is 0 Å². The highest BCUT2D eigenvalue weighted by Crippen LogP contribution is 2.27. The molecular formula is C11H15ClO3S. The Hall–Kier alpha value is -0.580. The van der Waals surface area contributed by atoms with Crippen LogP contribution >= 0.6 is 11.6 Å². The fourth-order valence-corrected chi connectivity index (χ4v) is 2.53. The van der Waals surface area contributed by atoms with Gasteiger partial charge in [0.15, 0.2) is 0 Å². The molecule has 0 saturated heterocycles. The van der Waals surface area contributed by atoms with Gasteiger partial charge in [-0.05, 0) is 31.0 Å². The van der Waals surface area contributed by atoms with Crippen molar-refractivity contribution in [2.45, 2.75) is 20.0 Å². The molecule has 16 heavy (non-hydrogen) atoms. The van der Waals surface area contributed by atoms with Crippen molar-refractivity contribution in [3.05, 3.63) is 33.8 Å². The van der Waals surface area contributed by atoms with Crippen LogP contribution in [0.4, 0.5) is 0 Å². The summed E-state index contributed by atoms with van der Waals surface area (Å²) in [5.74, 6) is -0.310. The maximum atomic E-state index is 11.1. The lowest BCUT2D eigenvalue weighted by molar-refractivity contribution is 0.202. The SMILES string of the molecule is Cc1cc(Cl)c(C(O)CS(C)(=O)=O)cc1C. The number of hydrogen-bond donors (Lipinski definition) is 1. The second-order valence-electron chi connectivity index (χ2n) is 4.07. The number of rotatable bonds is 3. The topological polar surface area (TPSA) is 54.4 Å². The number of aliphatic hydroxyl groups is 1. The van der Waals surface area contributed by atoms with E-state index in [-0.39, 0.29) is 5.75 Å². The minimum Gasteiger partial charge on any atom is -0.387 e. The number of sulfone groups is 1. The van der Waals surface area contributed by atoms with Crippen LogP contribution in [0.2, 0.25) is 5.02 Å². The molecule has 0 aliphatic carbocycles. The van der Waals surface area contributed by atoms with Crippen LogP contribution in [-0.4, -0.2) is 25.5 Å². The fraction of sp³-hybridized carbons (Fsp3) is 0.455. The zero-order valence-corrected chi connectivity index (χ0v) is 11.1. The Labute approximate surface area is 101 Å². The van der Waals surface area contributed by atoms with Crippen LogP contribution in [0.15, 0.2) is 12.1 Å². The van der Waals surface area contributed by atoms with Gasteiger partial charge in [-0.3, -0.25) is 0 Å². The molecule has 1 rings (SSSR count). The number of halogens is 1. The third kappa shape index (κ3) is 3.47. The molecule has 5 heteroatoms. The summed E-state index contributed by atoms with van der Waals surface area (Å²) < 4.78 is 22.2. The first kappa shape index (κ1) is 13.5. The highest BCUT2D eigenvalue weighted by atomic mass is 35.5. The highest BCUT2D eigenvalue weighted by Gasteiger charge is 2.17. The second kappa shape index (κ2) is 4.73. The predicted molar refractivity (Wildman–Crippen MR) is 65.6 cm³/mol. The summed E-state index contributed by atoms with van der Waals surface area (Å²) in [5, 5.41) is 10.2. The summed E-state index contributed by atoms with van der Waals surface area (Å²) in [6, 6.07) is 3.46. The zero-order chi connectivity index (χ0) is 12.5. The smallest absolute Gasteiger partial charge is 0.150 e. The lowest BCUT2D eigenvalue weighted by Crippen LogP contribution is -2.13. The van der Waals surface area contributed by atoms with Gasteiger partial charge < -0.3 is 5.11 Å². The van der Waals surface area contributed by atoms with Gasteiger partial charge in [-0.25, -0.2) is 8.42 Å². The standard InChI is InChI=1S/C11H15ClO3S/c1-7-4-9(10(12)5-8(7)2)11(13)6-16(3,14)15/h4-5,11,13H,6H2,1-3H3. The van der Waals surface area contributed by atoms with Crippen molar-refractivity contribution in [3.8, 4) is 0 Å². The van der Waals surface area contributed by atoms with E-state index < -0.39 is 15.9 Å². The van der Waals surface area contributed by atoms with Crippen LogP contribution in [-0.2, 0) is 9.84 Å². The molecule has 0 aliphatic rings. The molecule has 0 fully saturated rings. The summed E-state index contributed by atoms with van der Waals surface area (Å²) in [5.41, 5.74) is 2.46. The minimum absolute atomic E-state index is 0.310. The zero-order valence-electron chi connectivity index (χ0n) is 9.49. The van der Waals surface area contributed by atoms with Crippen LogP contribution < -0.4 is 0 Å². The third-order valence-corrected chi connectivity index (χ3v) is 3.68. The molecular weight excluding hydrogens is 248 g/mol. The van der Waals surface area contributed by atoms with E-state index >= 15 is 0 Å². The van der Waals surface area contributed by atoms with Crippen molar-refractivity contribution in [1.29, 1.82) is 0 Å². The Morgan fingerprint density at radius 3 is 2.31 bits per heavy atom. The Morgan fingerprint density at radius 2 is 1.81 bits per heavy atom. The Bertz CT molecular complexity index is 494. The fourth-order valence-electron chi connectivity index (χ4n) is 1.44. The van der Waals surface area contributed by atoms with Crippen molar-refractivity contribution < 1.29 is 13.5 Å².